The van der Waals surface area contributed by atoms with Crippen LogP contribution in [0.25, 0.3) is 0 Å². The standard InChI is InChI=1S/C18H25F2N3O2.ClH/c1-21-13-4-2-10-22(12-13)16-5-3-11-23(17(16)24)14-6-8-15(9-7-14)25-18(19)20;/h6-9,13,16,18,21H,2-5,10-12H2,1H3;1H. The summed E-state index contributed by atoms with van der Waals surface area (Å²) in [4.78, 5) is 17.0. The summed E-state index contributed by atoms with van der Waals surface area (Å²) in [5.74, 6) is 0.207. The summed E-state index contributed by atoms with van der Waals surface area (Å²) < 4.78 is 28.9. The van der Waals surface area contributed by atoms with Crippen molar-refractivity contribution in [2.75, 3.05) is 31.6 Å². The molecule has 3 rings (SSSR count). The topological polar surface area (TPSA) is 44.8 Å². The maximum absolute atomic E-state index is 13.0. The van der Waals surface area contributed by atoms with Gasteiger partial charge >= 0.3 is 6.61 Å². The number of piperidine rings is 2. The largest absolute Gasteiger partial charge is 0.435 e. The Morgan fingerprint density at radius 3 is 2.50 bits per heavy atom. The third kappa shape index (κ3) is 4.84. The summed E-state index contributed by atoms with van der Waals surface area (Å²) in [6, 6.07) is 6.64. The average Bonchev–Trinajstić information content (AvgIpc) is 2.62. The van der Waals surface area contributed by atoms with Crippen LogP contribution in [0.1, 0.15) is 25.7 Å². The van der Waals surface area contributed by atoms with Gasteiger partial charge in [-0.15, -0.1) is 12.4 Å². The van der Waals surface area contributed by atoms with Gasteiger partial charge in [-0.25, -0.2) is 0 Å². The van der Waals surface area contributed by atoms with Crippen LogP contribution in [-0.4, -0.2) is 56.2 Å². The quantitative estimate of drug-likeness (QED) is 0.841. The first-order valence-corrected chi connectivity index (χ1v) is 8.86. The molecule has 0 saturated carbocycles. The van der Waals surface area contributed by atoms with Gasteiger partial charge in [-0.3, -0.25) is 9.69 Å². The van der Waals surface area contributed by atoms with Crippen LogP contribution >= 0.6 is 12.4 Å². The minimum absolute atomic E-state index is 0. The fraction of sp³-hybridized carbons (Fsp3) is 0.611. The van der Waals surface area contributed by atoms with Gasteiger partial charge in [-0.1, -0.05) is 0 Å². The minimum atomic E-state index is -2.84. The van der Waals surface area contributed by atoms with Gasteiger partial charge in [0.2, 0.25) is 5.91 Å². The van der Waals surface area contributed by atoms with Gasteiger partial charge in [0.15, 0.2) is 0 Å². The second-order valence-electron chi connectivity index (χ2n) is 6.64. The Balaban J connectivity index is 0.00000243. The molecule has 2 unspecified atom stereocenters. The number of rotatable bonds is 5. The first-order chi connectivity index (χ1) is 12.1. The molecule has 1 N–H and O–H groups in total. The van der Waals surface area contributed by atoms with E-state index in [0.717, 1.165) is 44.5 Å². The molecule has 2 atom stereocenters. The van der Waals surface area contributed by atoms with Crippen LogP contribution in [-0.2, 0) is 4.79 Å². The van der Waals surface area contributed by atoms with Crippen LogP contribution in [0.2, 0.25) is 0 Å². The molecule has 1 amide bonds. The maximum Gasteiger partial charge on any atom is 0.387 e. The Hall–Kier alpha value is -1.44. The van der Waals surface area contributed by atoms with Gasteiger partial charge in [-0.2, -0.15) is 8.78 Å². The highest BCUT2D eigenvalue weighted by Gasteiger charge is 2.35. The van der Waals surface area contributed by atoms with E-state index in [1.54, 1.807) is 17.0 Å². The lowest BCUT2D eigenvalue weighted by Gasteiger charge is -2.42. The zero-order chi connectivity index (χ0) is 17.8. The van der Waals surface area contributed by atoms with E-state index in [-0.39, 0.29) is 30.1 Å². The Kier molecular flexibility index (Phi) is 7.61. The van der Waals surface area contributed by atoms with Crippen molar-refractivity contribution in [2.45, 2.75) is 44.4 Å². The molecule has 0 spiro atoms. The molecule has 0 bridgehead atoms. The second-order valence-corrected chi connectivity index (χ2v) is 6.64. The highest BCUT2D eigenvalue weighted by molar-refractivity contribution is 5.98. The molecule has 5 nitrogen and oxygen atoms in total. The van der Waals surface area contributed by atoms with E-state index in [9.17, 15) is 13.6 Å². The number of ether oxygens (including phenoxy) is 1. The number of nitrogens with zero attached hydrogens (tertiary/aromatic N) is 2. The number of nitrogens with one attached hydrogen (secondary N) is 1. The molecule has 0 radical (unpaired) electrons. The van der Waals surface area contributed by atoms with Crippen molar-refractivity contribution < 1.29 is 18.3 Å². The average molecular weight is 390 g/mol. The van der Waals surface area contributed by atoms with Crippen LogP contribution < -0.4 is 15.0 Å². The molecule has 1 aromatic rings. The van der Waals surface area contributed by atoms with Gasteiger partial charge in [0.1, 0.15) is 5.75 Å². The number of carbonyl (C=O) groups excluding carboxylic acids is 1. The first kappa shape index (κ1) is 20.9. The predicted molar refractivity (Wildman–Crippen MR) is 99.4 cm³/mol. The third-order valence-electron chi connectivity index (χ3n) is 5.09. The molecule has 26 heavy (non-hydrogen) atoms. The zero-order valence-electron chi connectivity index (χ0n) is 14.9. The zero-order valence-corrected chi connectivity index (χ0v) is 15.7. The summed E-state index contributed by atoms with van der Waals surface area (Å²) in [6.07, 6.45) is 4.04. The second kappa shape index (κ2) is 9.48. The van der Waals surface area contributed by atoms with Gasteiger partial charge in [0.25, 0.3) is 0 Å². The van der Waals surface area contributed by atoms with E-state index in [1.165, 1.54) is 12.1 Å². The number of anilines is 1. The van der Waals surface area contributed by atoms with E-state index in [0.29, 0.717) is 12.6 Å². The molecule has 0 aliphatic carbocycles. The van der Waals surface area contributed by atoms with E-state index in [1.807, 2.05) is 7.05 Å². The van der Waals surface area contributed by atoms with Crippen molar-refractivity contribution in [3.8, 4) is 5.75 Å². The number of benzene rings is 1. The van der Waals surface area contributed by atoms with Gasteiger partial charge in [0, 0.05) is 24.8 Å². The first-order valence-electron chi connectivity index (χ1n) is 8.86. The molecular formula is C18H26ClF2N3O2. The lowest BCUT2D eigenvalue weighted by Crippen LogP contribution is -2.57. The summed E-state index contributed by atoms with van der Waals surface area (Å²) in [5.41, 5.74) is 0.735. The number of hydrogen-bond acceptors (Lipinski definition) is 4. The molecular weight excluding hydrogens is 364 g/mol. The molecule has 1 aromatic carbocycles. The Labute approximate surface area is 159 Å². The molecule has 2 aliphatic rings. The number of carbonyl (C=O) groups is 1. The summed E-state index contributed by atoms with van der Waals surface area (Å²) in [6.45, 7) is -0.342. The van der Waals surface area contributed by atoms with Crippen LogP contribution in [0.15, 0.2) is 24.3 Å². The Bertz CT molecular complexity index is 588. The number of hydrogen-bond donors (Lipinski definition) is 1. The Morgan fingerprint density at radius 1 is 1.15 bits per heavy atom. The van der Waals surface area contributed by atoms with Crippen LogP contribution in [0.5, 0.6) is 5.75 Å². The van der Waals surface area contributed by atoms with Crippen molar-refractivity contribution in [3.63, 3.8) is 0 Å². The molecule has 146 valence electrons. The fourth-order valence-corrected chi connectivity index (χ4v) is 3.78. The lowest BCUT2D eigenvalue weighted by atomic mass is 9.97. The van der Waals surface area contributed by atoms with Gasteiger partial charge in [0.05, 0.1) is 6.04 Å². The maximum atomic E-state index is 13.0. The number of halogens is 3. The Morgan fingerprint density at radius 2 is 1.85 bits per heavy atom. The summed E-state index contributed by atoms with van der Waals surface area (Å²) >= 11 is 0. The summed E-state index contributed by atoms with van der Waals surface area (Å²) in [7, 11) is 1.96. The predicted octanol–water partition coefficient (Wildman–Crippen LogP) is 2.89. The van der Waals surface area contributed by atoms with Crippen LogP contribution in [0.3, 0.4) is 0 Å². The van der Waals surface area contributed by atoms with E-state index >= 15 is 0 Å². The van der Waals surface area contributed by atoms with E-state index in [4.69, 9.17) is 0 Å². The van der Waals surface area contributed by atoms with E-state index < -0.39 is 6.61 Å². The summed E-state index contributed by atoms with van der Waals surface area (Å²) in [5, 5.41) is 3.31. The van der Waals surface area contributed by atoms with Crippen LogP contribution in [0.4, 0.5) is 14.5 Å². The molecule has 2 saturated heterocycles. The van der Waals surface area contributed by atoms with Crippen molar-refractivity contribution in [2.24, 2.45) is 0 Å². The number of likely N-dealkylation sites (N-methyl/N-ethyl adjacent to an activating group) is 1. The highest BCUT2D eigenvalue weighted by Crippen LogP contribution is 2.27. The smallest absolute Gasteiger partial charge is 0.387 e. The van der Waals surface area contributed by atoms with Crippen molar-refractivity contribution in [1.82, 2.24) is 10.2 Å². The number of likely N-dealkylation sites (tertiary alicyclic amines) is 1. The van der Waals surface area contributed by atoms with Crippen molar-refractivity contribution in [3.05, 3.63) is 24.3 Å². The van der Waals surface area contributed by atoms with Gasteiger partial charge in [-0.05, 0) is 63.5 Å². The normalized spacial score (nSPS) is 24.5. The molecule has 0 aromatic heterocycles. The minimum Gasteiger partial charge on any atom is -0.435 e. The molecule has 2 heterocycles. The molecule has 8 heteroatoms. The third-order valence-corrected chi connectivity index (χ3v) is 5.09. The SMILES string of the molecule is CNC1CCCN(C2CCCN(c3ccc(OC(F)F)cc3)C2=O)C1.Cl. The molecule has 2 aliphatic heterocycles. The van der Waals surface area contributed by atoms with Crippen LogP contribution in [0, 0.1) is 0 Å². The highest BCUT2D eigenvalue weighted by atomic mass is 35.5. The fourth-order valence-electron chi connectivity index (χ4n) is 3.78. The monoisotopic (exact) mass is 389 g/mol. The van der Waals surface area contributed by atoms with Crippen molar-refractivity contribution >= 4 is 24.0 Å². The molecule has 2 fully saturated rings. The lowest BCUT2D eigenvalue weighted by molar-refractivity contribution is -0.126. The van der Waals surface area contributed by atoms with Gasteiger partial charge < -0.3 is 15.0 Å². The number of alkyl halides is 2. The van der Waals surface area contributed by atoms with E-state index in [2.05, 4.69) is 15.0 Å². The number of amides is 1. The van der Waals surface area contributed by atoms with Crippen molar-refractivity contribution in [1.29, 1.82) is 0 Å².